The standard InChI is InChI=1S/C22H22N2O7S2/c1-3-31-20(26)12-24-17-10-9-16(21(27)30-2)11-18(17)32-22(24)23-19(25)14-33(28,29)13-15-7-5-4-6-8-15/h4-11H,3,12-14H2,1-2H3. The Morgan fingerprint density at radius 3 is 2.48 bits per heavy atom. The minimum Gasteiger partial charge on any atom is -0.465 e. The van der Waals surface area contributed by atoms with Gasteiger partial charge in [0.05, 0.1) is 35.2 Å². The largest absolute Gasteiger partial charge is 0.465 e. The van der Waals surface area contributed by atoms with Gasteiger partial charge in [-0.3, -0.25) is 9.59 Å². The molecule has 3 rings (SSSR count). The number of sulfone groups is 1. The lowest BCUT2D eigenvalue weighted by atomic mass is 10.2. The number of aromatic nitrogens is 1. The number of rotatable bonds is 8. The molecule has 1 aromatic heterocycles. The van der Waals surface area contributed by atoms with E-state index in [0.717, 1.165) is 11.3 Å². The fourth-order valence-corrected chi connectivity index (χ4v) is 5.43. The van der Waals surface area contributed by atoms with Gasteiger partial charge in [0, 0.05) is 0 Å². The van der Waals surface area contributed by atoms with Crippen molar-refractivity contribution < 1.29 is 32.3 Å². The number of benzene rings is 2. The fourth-order valence-electron chi connectivity index (χ4n) is 3.10. The van der Waals surface area contributed by atoms with Gasteiger partial charge >= 0.3 is 11.9 Å². The Morgan fingerprint density at radius 2 is 1.82 bits per heavy atom. The molecular formula is C22H22N2O7S2. The van der Waals surface area contributed by atoms with Gasteiger partial charge in [0.1, 0.15) is 12.3 Å². The van der Waals surface area contributed by atoms with Crippen LogP contribution in [0.3, 0.4) is 0 Å². The normalized spacial score (nSPS) is 12.0. The average molecular weight is 491 g/mol. The molecule has 0 radical (unpaired) electrons. The summed E-state index contributed by atoms with van der Waals surface area (Å²) in [5.74, 6) is -3.00. The van der Waals surface area contributed by atoms with Crippen molar-refractivity contribution in [3.8, 4) is 0 Å². The number of amides is 1. The Morgan fingerprint density at radius 1 is 1.09 bits per heavy atom. The molecule has 0 bridgehead atoms. The van der Waals surface area contributed by atoms with Crippen molar-refractivity contribution in [2.24, 2.45) is 4.99 Å². The predicted octanol–water partition coefficient (Wildman–Crippen LogP) is 2.09. The molecule has 0 saturated heterocycles. The van der Waals surface area contributed by atoms with E-state index in [0.29, 0.717) is 15.8 Å². The number of carbonyl (C=O) groups excluding carboxylic acids is 3. The average Bonchev–Trinajstić information content (AvgIpc) is 3.09. The maximum Gasteiger partial charge on any atom is 0.337 e. The van der Waals surface area contributed by atoms with Gasteiger partial charge in [-0.2, -0.15) is 4.99 Å². The Balaban J connectivity index is 1.97. The van der Waals surface area contributed by atoms with Crippen molar-refractivity contribution in [2.75, 3.05) is 19.5 Å². The Labute approximate surface area is 194 Å². The zero-order valence-electron chi connectivity index (χ0n) is 18.0. The van der Waals surface area contributed by atoms with Gasteiger partial charge in [-0.25, -0.2) is 13.2 Å². The lowest BCUT2D eigenvalue weighted by molar-refractivity contribution is -0.143. The number of methoxy groups -OCH3 is 1. The molecule has 3 aromatic rings. The number of carbonyl (C=O) groups is 3. The number of hydrogen-bond donors (Lipinski definition) is 0. The number of thiazole rings is 1. The highest BCUT2D eigenvalue weighted by atomic mass is 32.2. The van der Waals surface area contributed by atoms with Crippen LogP contribution in [0.2, 0.25) is 0 Å². The van der Waals surface area contributed by atoms with E-state index in [1.165, 1.54) is 17.7 Å². The first-order chi connectivity index (χ1) is 15.7. The van der Waals surface area contributed by atoms with Gasteiger partial charge in [0.2, 0.25) is 0 Å². The molecule has 1 heterocycles. The molecule has 0 atom stereocenters. The summed E-state index contributed by atoms with van der Waals surface area (Å²) in [5, 5.41) is 0. The minimum absolute atomic E-state index is 0.125. The number of esters is 2. The molecular weight excluding hydrogens is 468 g/mol. The molecule has 0 spiro atoms. The molecule has 0 fully saturated rings. The Bertz CT molecular complexity index is 1360. The van der Waals surface area contributed by atoms with Crippen LogP contribution in [0.4, 0.5) is 0 Å². The lowest BCUT2D eigenvalue weighted by Crippen LogP contribution is -2.25. The summed E-state index contributed by atoms with van der Waals surface area (Å²) in [6, 6.07) is 13.2. The van der Waals surface area contributed by atoms with Gasteiger partial charge in [-0.05, 0) is 30.7 Å². The van der Waals surface area contributed by atoms with Crippen molar-refractivity contribution >= 4 is 49.2 Å². The van der Waals surface area contributed by atoms with Crippen molar-refractivity contribution in [1.82, 2.24) is 4.57 Å². The van der Waals surface area contributed by atoms with E-state index in [1.54, 1.807) is 49.4 Å². The van der Waals surface area contributed by atoms with Crippen molar-refractivity contribution in [1.29, 1.82) is 0 Å². The summed E-state index contributed by atoms with van der Waals surface area (Å²) in [7, 11) is -2.49. The molecule has 1 amide bonds. The highest BCUT2D eigenvalue weighted by Gasteiger charge is 2.19. The summed E-state index contributed by atoms with van der Waals surface area (Å²) < 4.78 is 36.7. The zero-order valence-corrected chi connectivity index (χ0v) is 19.6. The molecule has 0 saturated carbocycles. The Hall–Kier alpha value is -3.31. The van der Waals surface area contributed by atoms with Crippen LogP contribution in [0.25, 0.3) is 10.2 Å². The zero-order chi connectivity index (χ0) is 24.0. The summed E-state index contributed by atoms with van der Waals surface area (Å²) in [4.78, 5) is 40.6. The van der Waals surface area contributed by atoms with E-state index in [9.17, 15) is 22.8 Å². The van der Waals surface area contributed by atoms with Crippen molar-refractivity contribution in [2.45, 2.75) is 19.2 Å². The maximum atomic E-state index is 12.5. The third-order valence-corrected chi connectivity index (χ3v) is 6.99. The quantitative estimate of drug-likeness (QED) is 0.443. The second-order valence-electron chi connectivity index (χ2n) is 6.97. The molecule has 174 valence electrons. The molecule has 0 aliphatic rings. The number of ether oxygens (including phenoxy) is 2. The van der Waals surface area contributed by atoms with E-state index in [4.69, 9.17) is 9.47 Å². The third-order valence-electron chi connectivity index (χ3n) is 4.49. The van der Waals surface area contributed by atoms with Crippen LogP contribution in [-0.4, -0.2) is 50.3 Å². The van der Waals surface area contributed by atoms with E-state index in [1.807, 2.05) is 0 Å². The number of fused-ring (bicyclic) bond motifs is 1. The summed E-state index contributed by atoms with van der Waals surface area (Å²) in [6.07, 6.45) is 0. The smallest absolute Gasteiger partial charge is 0.337 e. The molecule has 2 aromatic carbocycles. The fraction of sp³-hybridized carbons (Fsp3) is 0.273. The first-order valence-corrected chi connectivity index (χ1v) is 12.6. The van der Waals surface area contributed by atoms with Crippen molar-refractivity contribution in [3.63, 3.8) is 0 Å². The summed E-state index contributed by atoms with van der Waals surface area (Å²) >= 11 is 1.05. The van der Waals surface area contributed by atoms with Gasteiger partial charge < -0.3 is 14.0 Å². The number of hydrogen-bond acceptors (Lipinski definition) is 8. The van der Waals surface area contributed by atoms with E-state index < -0.39 is 33.4 Å². The summed E-state index contributed by atoms with van der Waals surface area (Å²) in [5.41, 5.74) is 1.40. The monoisotopic (exact) mass is 490 g/mol. The number of nitrogens with zero attached hydrogens (tertiary/aromatic N) is 2. The van der Waals surface area contributed by atoms with Crippen LogP contribution < -0.4 is 4.80 Å². The molecule has 0 aliphatic heterocycles. The SMILES string of the molecule is CCOC(=O)Cn1c(=NC(=O)CS(=O)(=O)Cc2ccccc2)sc2cc(C(=O)OC)ccc21. The first kappa shape index (κ1) is 24.3. The van der Waals surface area contributed by atoms with Crippen LogP contribution in [-0.2, 0) is 41.2 Å². The molecule has 9 nitrogen and oxygen atoms in total. The predicted molar refractivity (Wildman–Crippen MR) is 122 cm³/mol. The van der Waals surface area contributed by atoms with Crippen LogP contribution in [0, 0.1) is 0 Å². The maximum absolute atomic E-state index is 12.5. The van der Waals surface area contributed by atoms with Crippen LogP contribution in [0.1, 0.15) is 22.8 Å². The van der Waals surface area contributed by atoms with Gasteiger partial charge in [-0.15, -0.1) is 0 Å². The van der Waals surface area contributed by atoms with Crippen LogP contribution >= 0.6 is 11.3 Å². The first-order valence-electron chi connectivity index (χ1n) is 9.91. The molecule has 33 heavy (non-hydrogen) atoms. The molecule has 0 N–H and O–H groups in total. The minimum atomic E-state index is -3.75. The van der Waals surface area contributed by atoms with E-state index >= 15 is 0 Å². The van der Waals surface area contributed by atoms with Gasteiger partial charge in [0.15, 0.2) is 14.6 Å². The second-order valence-corrected chi connectivity index (χ2v) is 10.0. The topological polar surface area (TPSA) is 121 Å². The van der Waals surface area contributed by atoms with Crippen LogP contribution in [0.5, 0.6) is 0 Å². The van der Waals surface area contributed by atoms with Gasteiger partial charge in [0.25, 0.3) is 5.91 Å². The van der Waals surface area contributed by atoms with Crippen LogP contribution in [0.15, 0.2) is 53.5 Å². The Kier molecular flexibility index (Phi) is 7.77. The van der Waals surface area contributed by atoms with E-state index in [-0.39, 0.29) is 29.3 Å². The highest BCUT2D eigenvalue weighted by Crippen LogP contribution is 2.20. The molecule has 11 heteroatoms. The lowest BCUT2D eigenvalue weighted by Gasteiger charge is -2.06. The second kappa shape index (κ2) is 10.5. The van der Waals surface area contributed by atoms with Gasteiger partial charge in [-0.1, -0.05) is 41.7 Å². The van der Waals surface area contributed by atoms with E-state index in [2.05, 4.69) is 4.99 Å². The van der Waals surface area contributed by atoms with Crippen molar-refractivity contribution in [3.05, 3.63) is 64.5 Å². The summed E-state index contributed by atoms with van der Waals surface area (Å²) in [6.45, 7) is 1.62. The highest BCUT2D eigenvalue weighted by molar-refractivity contribution is 7.91. The molecule has 0 unspecified atom stereocenters. The molecule has 0 aliphatic carbocycles. The third kappa shape index (κ3) is 6.36.